The van der Waals surface area contributed by atoms with Crippen LogP contribution in [0.2, 0.25) is 0 Å². The van der Waals surface area contributed by atoms with Crippen LogP contribution in [0.5, 0.6) is 0 Å². The summed E-state index contributed by atoms with van der Waals surface area (Å²) in [6.07, 6.45) is -4.37. The average molecular weight is 248 g/mol. The zero-order valence-electron chi connectivity index (χ0n) is 11.7. The zero-order valence-corrected chi connectivity index (χ0v) is 8.34. The summed E-state index contributed by atoms with van der Waals surface area (Å²) >= 11 is 3.10. The summed E-state index contributed by atoms with van der Waals surface area (Å²) in [5.41, 5.74) is -0.0380. The van der Waals surface area contributed by atoms with Gasteiger partial charge < -0.3 is 4.74 Å². The molecule has 1 aromatic heterocycles. The van der Waals surface area contributed by atoms with E-state index in [9.17, 15) is 0 Å². The lowest BCUT2D eigenvalue weighted by molar-refractivity contribution is 0.0843. The Kier molecular flexibility index (Phi) is 1.55. The standard InChI is InChI=1S/C9H11BrN2O/c10-9-2-1-8(11-12-9)7-3-5-13-6-4-7/h1-2,7H,3-6H2/i3D2,4D2,7D. The Balaban J connectivity index is 2.56. The van der Waals surface area contributed by atoms with Gasteiger partial charge in [-0.3, -0.25) is 0 Å². The van der Waals surface area contributed by atoms with E-state index in [1.165, 1.54) is 12.1 Å². The maximum atomic E-state index is 8.29. The second kappa shape index (κ2) is 4.15. The molecule has 70 valence electrons. The molecule has 1 aliphatic rings. The molecule has 0 atom stereocenters. The van der Waals surface area contributed by atoms with Gasteiger partial charge in [0.05, 0.1) is 5.69 Å². The molecule has 2 rings (SSSR count). The van der Waals surface area contributed by atoms with Crippen LogP contribution < -0.4 is 0 Å². The molecule has 1 saturated heterocycles. The fourth-order valence-electron chi connectivity index (χ4n) is 0.990. The molecule has 0 bridgehead atoms. The first-order valence-electron chi connectivity index (χ1n) is 6.28. The highest BCUT2D eigenvalue weighted by molar-refractivity contribution is 9.10. The number of hydrogen-bond acceptors (Lipinski definition) is 3. The summed E-state index contributed by atoms with van der Waals surface area (Å²) in [4.78, 5) is 0. The highest BCUT2D eigenvalue weighted by Gasteiger charge is 2.17. The molecule has 0 unspecified atom stereocenters. The molecule has 1 fully saturated rings. The first-order chi connectivity index (χ1) is 8.21. The molecule has 2 heterocycles. The first-order valence-corrected chi connectivity index (χ1v) is 4.57. The Hall–Kier alpha value is -0.480. The Bertz CT molecular complexity index is 437. The number of aromatic nitrogens is 2. The molecule has 3 nitrogen and oxygen atoms in total. The van der Waals surface area contributed by atoms with Gasteiger partial charge in [0.2, 0.25) is 0 Å². The second-order valence-electron chi connectivity index (χ2n) is 2.46. The Morgan fingerprint density at radius 2 is 2.23 bits per heavy atom. The average Bonchev–Trinajstić information content (AvgIpc) is 2.26. The van der Waals surface area contributed by atoms with Gasteiger partial charge in [-0.1, -0.05) is 0 Å². The first kappa shape index (κ1) is 4.84. The van der Waals surface area contributed by atoms with Crippen LogP contribution in [0.15, 0.2) is 16.7 Å². The van der Waals surface area contributed by atoms with E-state index in [1.807, 2.05) is 0 Å². The van der Waals surface area contributed by atoms with E-state index < -0.39 is 18.6 Å². The van der Waals surface area contributed by atoms with Crippen LogP contribution in [0.4, 0.5) is 0 Å². The topological polar surface area (TPSA) is 35.0 Å². The van der Waals surface area contributed by atoms with E-state index in [4.69, 9.17) is 11.6 Å². The molecule has 0 radical (unpaired) electrons. The van der Waals surface area contributed by atoms with Crippen molar-refractivity contribution in [2.45, 2.75) is 18.6 Å². The van der Waals surface area contributed by atoms with Crippen LogP contribution in [0, 0.1) is 0 Å². The van der Waals surface area contributed by atoms with Gasteiger partial charge in [-0.15, -0.1) is 5.10 Å². The normalized spacial score (nSPS) is 34.7. The quantitative estimate of drug-likeness (QED) is 0.763. The lowest BCUT2D eigenvalue weighted by Crippen LogP contribution is -2.15. The van der Waals surface area contributed by atoms with Gasteiger partial charge in [0.15, 0.2) is 0 Å². The van der Waals surface area contributed by atoms with E-state index >= 15 is 0 Å². The molecule has 0 saturated carbocycles. The van der Waals surface area contributed by atoms with Crippen molar-refractivity contribution >= 4 is 15.9 Å². The second-order valence-corrected chi connectivity index (χ2v) is 3.28. The molecule has 13 heavy (non-hydrogen) atoms. The van der Waals surface area contributed by atoms with Crippen molar-refractivity contribution in [3.05, 3.63) is 22.4 Å². The van der Waals surface area contributed by atoms with Crippen LogP contribution in [-0.4, -0.2) is 23.4 Å². The van der Waals surface area contributed by atoms with Gasteiger partial charge in [-0.05, 0) is 40.8 Å². The predicted molar refractivity (Wildman–Crippen MR) is 52.5 cm³/mol. The molecular weight excluding hydrogens is 232 g/mol. The molecule has 0 amide bonds. The fraction of sp³-hybridized carbons (Fsp3) is 0.556. The maximum absolute atomic E-state index is 8.29. The van der Waals surface area contributed by atoms with Crippen LogP contribution in [0.3, 0.4) is 0 Å². The summed E-state index contributed by atoms with van der Waals surface area (Å²) in [6, 6.07) is 2.92. The van der Waals surface area contributed by atoms with Crippen molar-refractivity contribution < 1.29 is 11.6 Å². The van der Waals surface area contributed by atoms with E-state index in [-0.39, 0.29) is 18.9 Å². The molecule has 0 aliphatic carbocycles. The third-order valence-electron chi connectivity index (χ3n) is 1.59. The zero-order chi connectivity index (χ0) is 13.6. The number of rotatable bonds is 1. The number of hydrogen-bond donors (Lipinski definition) is 0. The van der Waals surface area contributed by atoms with Gasteiger partial charge >= 0.3 is 0 Å². The highest BCUT2D eigenvalue weighted by atomic mass is 79.9. The van der Waals surface area contributed by atoms with Gasteiger partial charge in [-0.25, -0.2) is 0 Å². The molecule has 1 aliphatic heterocycles. The summed E-state index contributed by atoms with van der Waals surface area (Å²) in [5.74, 6) is -2.15. The number of nitrogens with zero attached hydrogens (tertiary/aromatic N) is 2. The van der Waals surface area contributed by atoms with Crippen molar-refractivity contribution in [3.63, 3.8) is 0 Å². The smallest absolute Gasteiger partial charge is 0.128 e. The van der Waals surface area contributed by atoms with Crippen molar-refractivity contribution in [1.82, 2.24) is 10.2 Å². The van der Waals surface area contributed by atoms with Crippen molar-refractivity contribution in [3.8, 4) is 0 Å². The summed E-state index contributed by atoms with van der Waals surface area (Å²) in [7, 11) is 0. The molecule has 4 heteroatoms. The van der Waals surface area contributed by atoms with E-state index in [2.05, 4.69) is 26.1 Å². The Labute approximate surface area is 92.7 Å². The molecule has 0 spiro atoms. The Morgan fingerprint density at radius 3 is 2.85 bits per heavy atom. The summed E-state index contributed by atoms with van der Waals surface area (Å²) in [6.45, 7) is -0.679. The molecule has 0 aromatic carbocycles. The van der Waals surface area contributed by atoms with Crippen LogP contribution in [0.1, 0.15) is 31.2 Å². The fourth-order valence-corrected chi connectivity index (χ4v) is 1.20. The lowest BCUT2D eigenvalue weighted by atomic mass is 9.96. The Morgan fingerprint density at radius 1 is 1.46 bits per heavy atom. The van der Waals surface area contributed by atoms with Crippen LogP contribution >= 0.6 is 15.9 Å². The van der Waals surface area contributed by atoms with E-state index in [1.54, 1.807) is 0 Å². The minimum Gasteiger partial charge on any atom is -0.381 e. The number of halogens is 1. The van der Waals surface area contributed by atoms with Crippen LogP contribution in [0.25, 0.3) is 0 Å². The molecular formula is C9H11BrN2O. The van der Waals surface area contributed by atoms with Crippen molar-refractivity contribution in [1.29, 1.82) is 0 Å². The predicted octanol–water partition coefficient (Wildman–Crippen LogP) is 2.13. The van der Waals surface area contributed by atoms with Crippen molar-refractivity contribution in [2.24, 2.45) is 0 Å². The van der Waals surface area contributed by atoms with Gasteiger partial charge in [0.25, 0.3) is 0 Å². The third kappa shape index (κ3) is 2.25. The lowest BCUT2D eigenvalue weighted by Gasteiger charge is -2.20. The molecule has 1 aromatic rings. The number of ether oxygens (including phenoxy) is 1. The summed E-state index contributed by atoms with van der Waals surface area (Å²) < 4.78 is 45.1. The monoisotopic (exact) mass is 247 g/mol. The SMILES string of the molecule is [2H]C1([2H])COCC([2H])([2H])C1([2H])c1ccc(Br)nn1. The minimum absolute atomic E-state index is 0.0380. The third-order valence-corrected chi connectivity index (χ3v) is 2.01. The highest BCUT2D eigenvalue weighted by Crippen LogP contribution is 2.24. The van der Waals surface area contributed by atoms with E-state index in [0.717, 1.165) is 0 Å². The van der Waals surface area contributed by atoms with E-state index in [0.29, 0.717) is 4.60 Å². The van der Waals surface area contributed by atoms with Crippen molar-refractivity contribution in [2.75, 3.05) is 13.2 Å². The van der Waals surface area contributed by atoms with Gasteiger partial charge in [-0.2, -0.15) is 5.10 Å². The summed E-state index contributed by atoms with van der Waals surface area (Å²) in [5, 5.41) is 7.45. The van der Waals surface area contributed by atoms with Gasteiger partial charge in [0.1, 0.15) is 4.60 Å². The maximum Gasteiger partial charge on any atom is 0.128 e. The van der Waals surface area contributed by atoms with Gasteiger partial charge in [0, 0.05) is 26.0 Å². The largest absolute Gasteiger partial charge is 0.381 e. The molecule has 0 N–H and O–H groups in total. The van der Waals surface area contributed by atoms with Crippen LogP contribution in [-0.2, 0) is 4.74 Å². The minimum atomic E-state index is -2.18.